The number of benzene rings is 1. The summed E-state index contributed by atoms with van der Waals surface area (Å²) in [5.41, 5.74) is 2.45. The maximum absolute atomic E-state index is 12.7. The van der Waals surface area contributed by atoms with E-state index in [0.717, 1.165) is 19.5 Å². The minimum Gasteiger partial charge on any atom is -0.366 e. The van der Waals surface area contributed by atoms with Crippen LogP contribution in [-0.4, -0.2) is 60.1 Å². The summed E-state index contributed by atoms with van der Waals surface area (Å²) >= 11 is 0. The molecule has 0 spiro atoms. The first kappa shape index (κ1) is 17.6. The van der Waals surface area contributed by atoms with Gasteiger partial charge in [0.1, 0.15) is 6.10 Å². The Balaban J connectivity index is 1.50. The number of hydrogen-bond donors (Lipinski definition) is 0. The van der Waals surface area contributed by atoms with Gasteiger partial charge in [0, 0.05) is 45.6 Å². The maximum Gasteiger partial charge on any atom is 0.252 e. The molecule has 3 rings (SSSR count). The van der Waals surface area contributed by atoms with E-state index in [1.807, 2.05) is 37.4 Å². The third kappa shape index (κ3) is 5.11. The van der Waals surface area contributed by atoms with Crippen LogP contribution in [0.5, 0.6) is 0 Å². The van der Waals surface area contributed by atoms with E-state index in [0.29, 0.717) is 19.7 Å². The summed E-state index contributed by atoms with van der Waals surface area (Å²) in [7, 11) is 1.85. The number of nitrogens with zero attached hydrogens (tertiary/aromatic N) is 3. The largest absolute Gasteiger partial charge is 0.366 e. The monoisotopic (exact) mass is 339 g/mol. The second-order valence-electron chi connectivity index (χ2n) is 6.45. The summed E-state index contributed by atoms with van der Waals surface area (Å²) in [6.07, 6.45) is 4.01. The maximum atomic E-state index is 12.7. The van der Waals surface area contributed by atoms with Gasteiger partial charge >= 0.3 is 0 Å². The number of hydrogen-bond acceptors (Lipinski definition) is 4. The molecule has 0 radical (unpaired) electrons. The molecule has 0 unspecified atom stereocenters. The molecule has 2 aromatic rings. The van der Waals surface area contributed by atoms with Crippen molar-refractivity contribution < 1.29 is 9.53 Å². The molecule has 1 aliphatic rings. The molecular weight excluding hydrogens is 314 g/mol. The fourth-order valence-electron chi connectivity index (χ4n) is 3.04. The topological polar surface area (TPSA) is 45.7 Å². The van der Waals surface area contributed by atoms with Crippen LogP contribution in [0.2, 0.25) is 0 Å². The van der Waals surface area contributed by atoms with E-state index >= 15 is 0 Å². The molecule has 25 heavy (non-hydrogen) atoms. The summed E-state index contributed by atoms with van der Waals surface area (Å²) in [5.74, 6) is 0.0619. The molecule has 1 atom stereocenters. The van der Waals surface area contributed by atoms with E-state index in [9.17, 15) is 4.79 Å². The fourth-order valence-corrected chi connectivity index (χ4v) is 3.04. The Morgan fingerprint density at radius 1 is 1.20 bits per heavy atom. The number of ether oxygens (including phenoxy) is 1. The van der Waals surface area contributed by atoms with Crippen LogP contribution >= 0.6 is 0 Å². The molecule has 2 heterocycles. The number of carbonyl (C=O) groups is 1. The van der Waals surface area contributed by atoms with Crippen LogP contribution in [0.15, 0.2) is 54.9 Å². The molecule has 132 valence electrons. The molecular formula is C20H25N3O2. The van der Waals surface area contributed by atoms with Crippen molar-refractivity contribution in [2.45, 2.75) is 19.1 Å². The van der Waals surface area contributed by atoms with Crippen LogP contribution in [0.1, 0.15) is 11.1 Å². The smallest absolute Gasteiger partial charge is 0.252 e. The van der Waals surface area contributed by atoms with Crippen molar-refractivity contribution in [3.05, 3.63) is 66.0 Å². The van der Waals surface area contributed by atoms with Crippen molar-refractivity contribution in [2.24, 2.45) is 0 Å². The lowest BCUT2D eigenvalue weighted by molar-refractivity contribution is -0.148. The van der Waals surface area contributed by atoms with Gasteiger partial charge in [-0.25, -0.2) is 0 Å². The van der Waals surface area contributed by atoms with Gasteiger partial charge in [0.2, 0.25) is 0 Å². The Hall–Kier alpha value is -2.24. The van der Waals surface area contributed by atoms with Crippen molar-refractivity contribution in [3.8, 4) is 0 Å². The molecule has 1 fully saturated rings. The van der Waals surface area contributed by atoms with Crippen molar-refractivity contribution in [1.82, 2.24) is 14.8 Å². The Bertz CT molecular complexity index is 663. The first-order chi connectivity index (χ1) is 12.2. The molecule has 0 bridgehead atoms. The van der Waals surface area contributed by atoms with Crippen molar-refractivity contribution in [3.63, 3.8) is 0 Å². The van der Waals surface area contributed by atoms with Gasteiger partial charge in [0.15, 0.2) is 0 Å². The van der Waals surface area contributed by atoms with Crippen LogP contribution < -0.4 is 0 Å². The Kier molecular flexibility index (Phi) is 6.14. The number of carbonyl (C=O) groups excluding carboxylic acids is 1. The van der Waals surface area contributed by atoms with Gasteiger partial charge in [0.05, 0.1) is 6.61 Å². The van der Waals surface area contributed by atoms with Gasteiger partial charge in [-0.2, -0.15) is 0 Å². The highest BCUT2D eigenvalue weighted by Gasteiger charge is 2.28. The number of rotatable bonds is 6. The molecule has 0 aliphatic carbocycles. The van der Waals surface area contributed by atoms with Crippen molar-refractivity contribution in [1.29, 1.82) is 0 Å². The van der Waals surface area contributed by atoms with Gasteiger partial charge in [-0.1, -0.05) is 30.3 Å². The predicted molar refractivity (Wildman–Crippen MR) is 97.0 cm³/mol. The molecule has 1 aromatic carbocycles. The zero-order valence-corrected chi connectivity index (χ0v) is 14.7. The third-order valence-corrected chi connectivity index (χ3v) is 4.54. The van der Waals surface area contributed by atoms with Crippen LogP contribution in [-0.2, 0) is 22.5 Å². The predicted octanol–water partition coefficient (Wildman–Crippen LogP) is 1.98. The minimum absolute atomic E-state index is 0.0619. The Morgan fingerprint density at radius 3 is 2.72 bits per heavy atom. The van der Waals surface area contributed by atoms with Crippen LogP contribution in [0.25, 0.3) is 0 Å². The molecule has 5 heteroatoms. The first-order valence-electron chi connectivity index (χ1n) is 8.74. The molecule has 1 saturated heterocycles. The standard InChI is InChI=1S/C20H25N3O2/c1-22(12-9-17-7-10-21-11-8-17)20(24)19-16-23(13-14-25-19)15-18-5-3-2-4-6-18/h2-8,10-11,19H,9,12-16H2,1H3/t19-/m1/s1. The van der Waals surface area contributed by atoms with Gasteiger partial charge in [-0.05, 0) is 29.7 Å². The second-order valence-corrected chi connectivity index (χ2v) is 6.45. The Morgan fingerprint density at radius 2 is 1.96 bits per heavy atom. The number of likely N-dealkylation sites (N-methyl/N-ethyl adjacent to an activating group) is 1. The summed E-state index contributed by atoms with van der Waals surface area (Å²) in [6, 6.07) is 14.3. The first-order valence-corrected chi connectivity index (χ1v) is 8.74. The Labute approximate surface area is 149 Å². The van der Waals surface area contributed by atoms with Crippen LogP contribution in [0.3, 0.4) is 0 Å². The molecule has 1 aromatic heterocycles. The average Bonchev–Trinajstić information content (AvgIpc) is 2.67. The summed E-state index contributed by atoms with van der Waals surface area (Å²) in [5, 5.41) is 0. The molecule has 5 nitrogen and oxygen atoms in total. The normalized spacial score (nSPS) is 18.0. The van der Waals surface area contributed by atoms with Crippen LogP contribution in [0, 0.1) is 0 Å². The van der Waals surface area contributed by atoms with E-state index in [1.165, 1.54) is 11.1 Å². The molecule has 0 saturated carbocycles. The lowest BCUT2D eigenvalue weighted by Gasteiger charge is -2.34. The lowest BCUT2D eigenvalue weighted by Crippen LogP contribution is -2.50. The van der Waals surface area contributed by atoms with E-state index in [4.69, 9.17) is 4.74 Å². The number of amides is 1. The van der Waals surface area contributed by atoms with Crippen LogP contribution in [0.4, 0.5) is 0 Å². The quantitative estimate of drug-likeness (QED) is 0.807. The fraction of sp³-hybridized carbons (Fsp3) is 0.400. The van der Waals surface area contributed by atoms with E-state index in [1.54, 1.807) is 17.3 Å². The third-order valence-electron chi connectivity index (χ3n) is 4.54. The highest BCUT2D eigenvalue weighted by molar-refractivity contribution is 5.81. The van der Waals surface area contributed by atoms with Gasteiger partial charge in [0.25, 0.3) is 5.91 Å². The summed E-state index contributed by atoms with van der Waals surface area (Å²) in [4.78, 5) is 20.8. The van der Waals surface area contributed by atoms with Gasteiger partial charge in [-0.15, -0.1) is 0 Å². The van der Waals surface area contributed by atoms with Crippen molar-refractivity contribution >= 4 is 5.91 Å². The van der Waals surface area contributed by atoms with Gasteiger partial charge < -0.3 is 9.64 Å². The van der Waals surface area contributed by atoms with Crippen molar-refractivity contribution in [2.75, 3.05) is 33.3 Å². The summed E-state index contributed by atoms with van der Waals surface area (Å²) < 4.78 is 5.74. The minimum atomic E-state index is -0.375. The highest BCUT2D eigenvalue weighted by Crippen LogP contribution is 2.12. The summed E-state index contributed by atoms with van der Waals surface area (Å²) in [6.45, 7) is 3.64. The van der Waals surface area contributed by atoms with Gasteiger partial charge in [-0.3, -0.25) is 14.7 Å². The number of pyridine rings is 1. The van der Waals surface area contributed by atoms with E-state index < -0.39 is 0 Å². The SMILES string of the molecule is CN(CCc1ccncc1)C(=O)[C@H]1CN(Cc2ccccc2)CCO1. The number of aromatic nitrogens is 1. The number of morpholine rings is 1. The molecule has 1 amide bonds. The molecule has 0 N–H and O–H groups in total. The zero-order valence-electron chi connectivity index (χ0n) is 14.7. The highest BCUT2D eigenvalue weighted by atomic mass is 16.5. The second kappa shape index (κ2) is 8.74. The van der Waals surface area contributed by atoms with E-state index in [2.05, 4.69) is 22.0 Å². The zero-order chi connectivity index (χ0) is 17.5. The average molecular weight is 339 g/mol. The lowest BCUT2D eigenvalue weighted by atomic mass is 10.1. The van der Waals surface area contributed by atoms with E-state index in [-0.39, 0.29) is 12.0 Å². The molecule has 1 aliphatic heterocycles.